The van der Waals surface area contributed by atoms with E-state index in [4.69, 9.17) is 17.3 Å². The molecule has 3 N–H and O–H groups in total. The molecule has 1 atom stereocenters. The maximum atomic E-state index is 5.81. The van der Waals surface area contributed by atoms with Crippen LogP contribution in [0.3, 0.4) is 0 Å². The van der Waals surface area contributed by atoms with Gasteiger partial charge in [-0.05, 0) is 25.2 Å². The number of anilines is 2. The summed E-state index contributed by atoms with van der Waals surface area (Å²) in [6.45, 7) is 8.83. The van der Waals surface area contributed by atoms with Crippen LogP contribution in [0.15, 0.2) is 6.07 Å². The normalized spacial score (nSPS) is 13.5. The van der Waals surface area contributed by atoms with E-state index in [0.29, 0.717) is 22.4 Å². The van der Waals surface area contributed by atoms with Crippen molar-refractivity contribution in [2.24, 2.45) is 5.41 Å². The van der Waals surface area contributed by atoms with Crippen molar-refractivity contribution >= 4 is 23.4 Å². The number of nitrogen functional groups attached to an aromatic ring is 1. The fourth-order valence-electron chi connectivity index (χ4n) is 1.48. The first kappa shape index (κ1) is 14.0. The second kappa shape index (κ2) is 5.54. The molecule has 17 heavy (non-hydrogen) atoms. The molecule has 5 heteroatoms. The minimum atomic E-state index is 0.197. The molecule has 0 bridgehead atoms. The Morgan fingerprint density at radius 1 is 1.41 bits per heavy atom. The molecule has 1 aromatic heterocycles. The van der Waals surface area contributed by atoms with E-state index >= 15 is 0 Å². The zero-order chi connectivity index (χ0) is 13.1. The van der Waals surface area contributed by atoms with Crippen molar-refractivity contribution in [1.29, 1.82) is 0 Å². The summed E-state index contributed by atoms with van der Waals surface area (Å²) < 4.78 is 0. The molecule has 1 heterocycles. The van der Waals surface area contributed by atoms with Gasteiger partial charge in [-0.25, -0.2) is 4.98 Å². The molecule has 0 radical (unpaired) electrons. The predicted molar refractivity (Wildman–Crippen MR) is 73.2 cm³/mol. The Bertz CT molecular complexity index is 353. The van der Waals surface area contributed by atoms with Crippen LogP contribution in [0.1, 0.15) is 40.5 Å². The second-order valence-electron chi connectivity index (χ2n) is 5.58. The minimum Gasteiger partial charge on any atom is -0.368 e. The third kappa shape index (κ3) is 5.73. The van der Waals surface area contributed by atoms with Gasteiger partial charge in [0.2, 0.25) is 5.95 Å². The van der Waals surface area contributed by atoms with Gasteiger partial charge in [0.15, 0.2) is 0 Å². The van der Waals surface area contributed by atoms with Crippen LogP contribution >= 0.6 is 11.6 Å². The van der Waals surface area contributed by atoms with Gasteiger partial charge in [0, 0.05) is 12.1 Å². The standard InChI is InChI=1S/C12H21ClN4/c1-8(5-6-12(2,3)4)15-10-7-9(13)16-11(14)17-10/h7-8H,5-6H2,1-4H3,(H3,14,15,16,17). The Morgan fingerprint density at radius 2 is 2.06 bits per heavy atom. The van der Waals surface area contributed by atoms with E-state index in [1.54, 1.807) is 6.07 Å². The molecule has 0 saturated heterocycles. The molecule has 0 spiro atoms. The molecule has 1 aromatic rings. The summed E-state index contributed by atoms with van der Waals surface area (Å²) in [6.07, 6.45) is 2.22. The molecule has 1 unspecified atom stereocenters. The minimum absolute atomic E-state index is 0.197. The number of halogens is 1. The monoisotopic (exact) mass is 256 g/mol. The van der Waals surface area contributed by atoms with E-state index in [9.17, 15) is 0 Å². The first-order valence-corrected chi connectivity index (χ1v) is 6.21. The van der Waals surface area contributed by atoms with Gasteiger partial charge < -0.3 is 11.1 Å². The Kier molecular flexibility index (Phi) is 4.57. The lowest BCUT2D eigenvalue weighted by molar-refractivity contribution is 0.356. The predicted octanol–water partition coefficient (Wildman–Crippen LogP) is 3.34. The van der Waals surface area contributed by atoms with Gasteiger partial charge in [-0.3, -0.25) is 0 Å². The third-order valence-corrected chi connectivity index (χ3v) is 2.63. The zero-order valence-electron chi connectivity index (χ0n) is 10.9. The number of hydrogen-bond donors (Lipinski definition) is 2. The maximum Gasteiger partial charge on any atom is 0.223 e. The zero-order valence-corrected chi connectivity index (χ0v) is 11.7. The lowest BCUT2D eigenvalue weighted by Gasteiger charge is -2.21. The highest BCUT2D eigenvalue weighted by Gasteiger charge is 2.13. The van der Waals surface area contributed by atoms with Crippen LogP contribution < -0.4 is 11.1 Å². The second-order valence-corrected chi connectivity index (χ2v) is 5.97. The first-order chi connectivity index (χ1) is 7.76. The molecule has 4 nitrogen and oxygen atoms in total. The van der Waals surface area contributed by atoms with Gasteiger partial charge in [-0.15, -0.1) is 0 Å². The first-order valence-electron chi connectivity index (χ1n) is 5.83. The van der Waals surface area contributed by atoms with E-state index in [0.717, 1.165) is 12.8 Å². The highest BCUT2D eigenvalue weighted by atomic mass is 35.5. The van der Waals surface area contributed by atoms with Crippen LogP contribution in [0.4, 0.5) is 11.8 Å². The largest absolute Gasteiger partial charge is 0.368 e. The van der Waals surface area contributed by atoms with Crippen LogP contribution in [0, 0.1) is 5.41 Å². The lowest BCUT2D eigenvalue weighted by atomic mass is 9.89. The summed E-state index contributed by atoms with van der Waals surface area (Å²) in [6, 6.07) is 2.02. The van der Waals surface area contributed by atoms with Crippen molar-refractivity contribution in [3.63, 3.8) is 0 Å². The quantitative estimate of drug-likeness (QED) is 0.811. The van der Waals surface area contributed by atoms with Crippen molar-refractivity contribution in [3.05, 3.63) is 11.2 Å². The van der Waals surface area contributed by atoms with E-state index in [1.807, 2.05) is 0 Å². The van der Waals surface area contributed by atoms with Gasteiger partial charge in [0.25, 0.3) is 0 Å². The smallest absolute Gasteiger partial charge is 0.223 e. The van der Waals surface area contributed by atoms with Crippen molar-refractivity contribution in [3.8, 4) is 0 Å². The van der Waals surface area contributed by atoms with Crippen molar-refractivity contribution in [2.75, 3.05) is 11.1 Å². The van der Waals surface area contributed by atoms with E-state index in [1.165, 1.54) is 0 Å². The maximum absolute atomic E-state index is 5.81. The van der Waals surface area contributed by atoms with Crippen LogP contribution in [0.25, 0.3) is 0 Å². The van der Waals surface area contributed by atoms with Gasteiger partial charge >= 0.3 is 0 Å². The van der Waals surface area contributed by atoms with Gasteiger partial charge in [-0.2, -0.15) is 4.98 Å². The molecule has 0 aliphatic heterocycles. The Morgan fingerprint density at radius 3 is 2.59 bits per heavy atom. The summed E-state index contributed by atoms with van der Waals surface area (Å²) in [5, 5.41) is 3.64. The van der Waals surface area contributed by atoms with Crippen LogP contribution in [-0.4, -0.2) is 16.0 Å². The van der Waals surface area contributed by atoms with Crippen molar-refractivity contribution in [1.82, 2.24) is 9.97 Å². The fourth-order valence-corrected chi connectivity index (χ4v) is 1.67. The molecular weight excluding hydrogens is 236 g/mol. The van der Waals surface area contributed by atoms with E-state index in [2.05, 4.69) is 43.0 Å². The molecule has 0 fully saturated rings. The van der Waals surface area contributed by atoms with Gasteiger partial charge in [-0.1, -0.05) is 32.4 Å². The number of nitrogens with two attached hydrogens (primary N) is 1. The average molecular weight is 257 g/mol. The number of nitrogens with zero attached hydrogens (tertiary/aromatic N) is 2. The number of nitrogens with one attached hydrogen (secondary N) is 1. The molecule has 1 rings (SSSR count). The molecule has 0 saturated carbocycles. The highest BCUT2D eigenvalue weighted by Crippen LogP contribution is 2.22. The lowest BCUT2D eigenvalue weighted by Crippen LogP contribution is -2.19. The summed E-state index contributed by atoms with van der Waals surface area (Å²) >= 11 is 5.81. The summed E-state index contributed by atoms with van der Waals surface area (Å²) in [5.74, 6) is 0.881. The average Bonchev–Trinajstić information content (AvgIpc) is 2.11. The van der Waals surface area contributed by atoms with E-state index in [-0.39, 0.29) is 5.95 Å². The van der Waals surface area contributed by atoms with Gasteiger partial charge in [0.05, 0.1) is 0 Å². The molecule has 0 aliphatic rings. The van der Waals surface area contributed by atoms with Crippen molar-refractivity contribution in [2.45, 2.75) is 46.6 Å². The number of hydrogen-bond acceptors (Lipinski definition) is 4. The summed E-state index contributed by atoms with van der Waals surface area (Å²) in [4.78, 5) is 7.91. The third-order valence-electron chi connectivity index (χ3n) is 2.43. The molecule has 0 aromatic carbocycles. The fraction of sp³-hybridized carbons (Fsp3) is 0.667. The Labute approximate surface area is 108 Å². The van der Waals surface area contributed by atoms with Crippen LogP contribution in [0.2, 0.25) is 5.15 Å². The molecule has 96 valence electrons. The molecular formula is C12H21ClN4. The SMILES string of the molecule is CC(CCC(C)(C)C)Nc1cc(Cl)nc(N)n1. The van der Waals surface area contributed by atoms with Gasteiger partial charge in [0.1, 0.15) is 11.0 Å². The van der Waals surface area contributed by atoms with Crippen molar-refractivity contribution < 1.29 is 0 Å². The molecule has 0 amide bonds. The van der Waals surface area contributed by atoms with Crippen LogP contribution in [-0.2, 0) is 0 Å². The number of aromatic nitrogens is 2. The molecule has 0 aliphatic carbocycles. The topological polar surface area (TPSA) is 63.8 Å². The number of rotatable bonds is 4. The highest BCUT2D eigenvalue weighted by molar-refractivity contribution is 6.29. The summed E-state index contributed by atoms with van der Waals surface area (Å²) in [7, 11) is 0. The van der Waals surface area contributed by atoms with Crippen LogP contribution in [0.5, 0.6) is 0 Å². The summed E-state index contributed by atoms with van der Waals surface area (Å²) in [5.41, 5.74) is 5.88. The Hall–Kier alpha value is -1.03. The van der Waals surface area contributed by atoms with E-state index < -0.39 is 0 Å². The Balaban J connectivity index is 2.53.